The lowest BCUT2D eigenvalue weighted by atomic mass is 10.1. The van der Waals surface area contributed by atoms with E-state index in [1.165, 1.54) is 12.4 Å². The number of amides is 1. The number of rotatable bonds is 6. The Balaban J connectivity index is 1.31. The van der Waals surface area contributed by atoms with Crippen molar-refractivity contribution in [3.63, 3.8) is 0 Å². The normalized spacial score (nSPS) is 18.6. The first kappa shape index (κ1) is 25.3. The maximum atomic E-state index is 13.1. The Morgan fingerprint density at radius 2 is 1.84 bits per heavy atom. The zero-order valence-electron chi connectivity index (χ0n) is 20.6. The van der Waals surface area contributed by atoms with Gasteiger partial charge in [-0.2, -0.15) is 5.10 Å². The van der Waals surface area contributed by atoms with Crippen LogP contribution in [0.5, 0.6) is 5.75 Å². The van der Waals surface area contributed by atoms with E-state index in [0.29, 0.717) is 50.0 Å². The number of aromatic amines is 1. The molecule has 3 N–H and O–H groups in total. The number of H-pyrrole nitrogens is 1. The molecule has 4 heterocycles. The van der Waals surface area contributed by atoms with Gasteiger partial charge in [-0.05, 0) is 51.1 Å². The number of halogens is 2. The number of benzene rings is 1. The predicted octanol–water partition coefficient (Wildman–Crippen LogP) is 5.24. The molecule has 0 radical (unpaired) electrons. The number of piperazine rings is 1. The molecule has 1 amide bonds. The fourth-order valence-electron chi connectivity index (χ4n) is 4.66. The Bertz CT molecular complexity index is 1400. The molecule has 1 saturated heterocycles. The third kappa shape index (κ3) is 5.49. The molecule has 192 valence electrons. The summed E-state index contributed by atoms with van der Waals surface area (Å²) < 4.78 is 6.09. The highest BCUT2D eigenvalue weighted by Gasteiger charge is 2.22. The Labute approximate surface area is 224 Å². The average Bonchev–Trinajstić information content (AvgIpc) is 3.27. The maximum absolute atomic E-state index is 13.1. The van der Waals surface area contributed by atoms with Gasteiger partial charge in [-0.15, -0.1) is 0 Å². The van der Waals surface area contributed by atoms with Crippen molar-refractivity contribution in [1.82, 2.24) is 25.5 Å². The molecule has 0 saturated carbocycles. The highest BCUT2D eigenvalue weighted by molar-refractivity contribution is 6.35. The van der Waals surface area contributed by atoms with Crippen molar-refractivity contribution >= 4 is 51.5 Å². The molecule has 0 bridgehead atoms. The van der Waals surface area contributed by atoms with Crippen LogP contribution in [0, 0.1) is 0 Å². The highest BCUT2D eigenvalue weighted by atomic mass is 35.5. The summed E-state index contributed by atoms with van der Waals surface area (Å²) in [7, 11) is 0. The van der Waals surface area contributed by atoms with Gasteiger partial charge in [-0.25, -0.2) is 4.98 Å². The number of fused-ring (bicyclic) bond motifs is 1. The Hall–Kier alpha value is -3.40. The van der Waals surface area contributed by atoms with Gasteiger partial charge >= 0.3 is 0 Å². The molecule has 0 spiro atoms. The second kappa shape index (κ2) is 10.5. The highest BCUT2D eigenvalue weighted by Crippen LogP contribution is 2.33. The van der Waals surface area contributed by atoms with Gasteiger partial charge in [0.1, 0.15) is 17.7 Å². The summed E-state index contributed by atoms with van der Waals surface area (Å²) in [6, 6.07) is 9.91. The molecule has 0 aliphatic carbocycles. The standard InChI is InChI=1S/C26H27Cl2N7O2/c1-14-12-35(13-15(2)31-14)23-7-4-17(9-30-23)32-26(36)25-19-8-18(5-6-22(19)33-34-25)37-16(3)24-20(27)10-29-11-21(24)28/h4-11,14-16,31H,12-13H2,1-3H3,(H,32,36)(H,33,34)/t14-,15+,16?. The molecule has 11 heteroatoms. The predicted molar refractivity (Wildman–Crippen MR) is 146 cm³/mol. The van der Waals surface area contributed by atoms with Crippen LogP contribution in [-0.4, -0.2) is 51.2 Å². The van der Waals surface area contributed by atoms with E-state index in [1.807, 2.05) is 25.1 Å². The Morgan fingerprint density at radius 1 is 1.11 bits per heavy atom. The van der Waals surface area contributed by atoms with E-state index < -0.39 is 6.10 Å². The van der Waals surface area contributed by atoms with E-state index >= 15 is 0 Å². The van der Waals surface area contributed by atoms with E-state index in [0.717, 1.165) is 18.9 Å². The average molecular weight is 540 g/mol. The molecule has 5 rings (SSSR count). The fraction of sp³-hybridized carbons (Fsp3) is 0.308. The number of nitrogens with zero attached hydrogens (tertiary/aromatic N) is 4. The van der Waals surface area contributed by atoms with E-state index in [9.17, 15) is 4.79 Å². The molecular formula is C26H27Cl2N7O2. The van der Waals surface area contributed by atoms with Crippen LogP contribution in [0.25, 0.3) is 10.9 Å². The number of hydrogen-bond acceptors (Lipinski definition) is 7. The zero-order valence-corrected chi connectivity index (χ0v) is 22.1. The maximum Gasteiger partial charge on any atom is 0.276 e. The van der Waals surface area contributed by atoms with Crippen LogP contribution in [0.4, 0.5) is 11.5 Å². The molecule has 37 heavy (non-hydrogen) atoms. The minimum Gasteiger partial charge on any atom is -0.486 e. The van der Waals surface area contributed by atoms with Gasteiger partial charge in [0.05, 0.1) is 27.4 Å². The number of ether oxygens (including phenoxy) is 1. The number of anilines is 2. The number of carbonyl (C=O) groups excluding carboxylic acids is 1. The van der Waals surface area contributed by atoms with Crippen molar-refractivity contribution in [2.24, 2.45) is 0 Å². The Kier molecular flexibility index (Phi) is 7.19. The van der Waals surface area contributed by atoms with Crippen molar-refractivity contribution < 1.29 is 9.53 Å². The third-order valence-corrected chi connectivity index (χ3v) is 6.85. The summed E-state index contributed by atoms with van der Waals surface area (Å²) in [5.41, 5.74) is 2.19. The lowest BCUT2D eigenvalue weighted by Gasteiger charge is -2.36. The summed E-state index contributed by atoms with van der Waals surface area (Å²) in [6.45, 7) is 7.92. The van der Waals surface area contributed by atoms with Gasteiger partial charge in [-0.3, -0.25) is 14.9 Å². The molecular weight excluding hydrogens is 513 g/mol. The van der Waals surface area contributed by atoms with Crippen LogP contribution in [0.2, 0.25) is 10.0 Å². The quantitative estimate of drug-likeness (QED) is 0.307. The molecule has 9 nitrogen and oxygen atoms in total. The molecule has 1 unspecified atom stereocenters. The first-order valence-corrected chi connectivity index (χ1v) is 12.8. The lowest BCUT2D eigenvalue weighted by Crippen LogP contribution is -2.54. The first-order chi connectivity index (χ1) is 17.8. The molecule has 4 aromatic rings. The number of nitrogens with one attached hydrogen (secondary N) is 3. The molecule has 1 aliphatic heterocycles. The van der Waals surface area contributed by atoms with Gasteiger partial charge in [0.25, 0.3) is 5.91 Å². The van der Waals surface area contributed by atoms with Gasteiger partial charge < -0.3 is 20.3 Å². The monoisotopic (exact) mass is 539 g/mol. The Morgan fingerprint density at radius 3 is 2.51 bits per heavy atom. The van der Waals surface area contributed by atoms with Crippen LogP contribution in [0.1, 0.15) is 42.9 Å². The first-order valence-electron chi connectivity index (χ1n) is 12.0. The minimum absolute atomic E-state index is 0.252. The van der Waals surface area contributed by atoms with Crippen LogP contribution in [-0.2, 0) is 0 Å². The second-order valence-corrected chi connectivity index (χ2v) is 10.1. The smallest absolute Gasteiger partial charge is 0.276 e. The summed E-state index contributed by atoms with van der Waals surface area (Å²) in [5, 5.41) is 15.0. The minimum atomic E-state index is -0.434. The summed E-state index contributed by atoms with van der Waals surface area (Å²) in [5.74, 6) is 1.08. The molecule has 1 aromatic carbocycles. The molecule has 3 atom stereocenters. The van der Waals surface area contributed by atoms with Gasteiger partial charge in [0.15, 0.2) is 5.69 Å². The van der Waals surface area contributed by atoms with Crippen LogP contribution >= 0.6 is 23.2 Å². The van der Waals surface area contributed by atoms with E-state index in [1.54, 1.807) is 18.3 Å². The van der Waals surface area contributed by atoms with Crippen molar-refractivity contribution in [3.05, 3.63) is 70.2 Å². The molecule has 1 fully saturated rings. The topological polar surface area (TPSA) is 108 Å². The van der Waals surface area contributed by atoms with Crippen molar-refractivity contribution in [2.45, 2.75) is 39.0 Å². The van der Waals surface area contributed by atoms with Crippen molar-refractivity contribution in [3.8, 4) is 5.75 Å². The van der Waals surface area contributed by atoms with Crippen molar-refractivity contribution in [2.75, 3.05) is 23.3 Å². The van der Waals surface area contributed by atoms with Crippen LogP contribution in [0.3, 0.4) is 0 Å². The summed E-state index contributed by atoms with van der Waals surface area (Å²) in [6.07, 6.45) is 4.28. The van der Waals surface area contributed by atoms with Gasteiger partial charge in [0.2, 0.25) is 0 Å². The number of hydrogen-bond donors (Lipinski definition) is 3. The van der Waals surface area contributed by atoms with Crippen LogP contribution in [0.15, 0.2) is 48.9 Å². The number of carbonyl (C=O) groups is 1. The largest absolute Gasteiger partial charge is 0.486 e. The SMILES string of the molecule is CC(Oc1ccc2[nH]nc(C(=O)Nc3ccc(N4C[C@@H](C)N[C@@H](C)C4)nc3)c2c1)c1c(Cl)cncc1Cl. The zero-order chi connectivity index (χ0) is 26.1. The lowest BCUT2D eigenvalue weighted by molar-refractivity contribution is 0.102. The number of aromatic nitrogens is 4. The molecule has 3 aromatic heterocycles. The van der Waals surface area contributed by atoms with Gasteiger partial charge in [0, 0.05) is 48.5 Å². The van der Waals surface area contributed by atoms with E-state index in [4.69, 9.17) is 27.9 Å². The summed E-state index contributed by atoms with van der Waals surface area (Å²) >= 11 is 12.5. The third-order valence-electron chi connectivity index (χ3n) is 6.25. The van der Waals surface area contributed by atoms with Gasteiger partial charge in [-0.1, -0.05) is 23.2 Å². The number of pyridine rings is 2. The summed E-state index contributed by atoms with van der Waals surface area (Å²) in [4.78, 5) is 23.9. The fourth-order valence-corrected chi connectivity index (χ4v) is 5.34. The van der Waals surface area contributed by atoms with E-state index in [-0.39, 0.29) is 11.6 Å². The van der Waals surface area contributed by atoms with Crippen molar-refractivity contribution in [1.29, 1.82) is 0 Å². The second-order valence-electron chi connectivity index (χ2n) is 9.29. The van der Waals surface area contributed by atoms with Crippen LogP contribution < -0.4 is 20.3 Å². The van der Waals surface area contributed by atoms with E-state index in [2.05, 4.69) is 49.5 Å². The molecule has 1 aliphatic rings.